The molecule has 1 saturated heterocycles. The maximum absolute atomic E-state index is 12.1. The van der Waals surface area contributed by atoms with Crippen LogP contribution in [0.25, 0.3) is 0 Å². The van der Waals surface area contributed by atoms with Crippen LogP contribution in [0, 0.1) is 0 Å². The minimum atomic E-state index is -0.208. The van der Waals surface area contributed by atoms with Gasteiger partial charge in [-0.1, -0.05) is 19.1 Å². The molecule has 1 amide bonds. The molecule has 1 N–H and O–H groups in total. The lowest BCUT2D eigenvalue weighted by Crippen LogP contribution is -2.45. The topological polar surface area (TPSA) is 63.7 Å². The summed E-state index contributed by atoms with van der Waals surface area (Å²) < 4.78 is 11.3. The molecule has 1 aliphatic rings. The summed E-state index contributed by atoms with van der Waals surface area (Å²) >= 11 is 0. The number of aromatic nitrogens is 1. The Hall–Kier alpha value is -2.60. The first kappa shape index (κ1) is 19.2. The van der Waals surface area contributed by atoms with E-state index in [1.807, 2.05) is 36.4 Å². The van der Waals surface area contributed by atoms with E-state index in [1.54, 1.807) is 6.20 Å². The van der Waals surface area contributed by atoms with E-state index in [-0.39, 0.29) is 24.7 Å². The normalized spacial score (nSPS) is 19.6. The third kappa shape index (κ3) is 5.44. The van der Waals surface area contributed by atoms with Gasteiger partial charge >= 0.3 is 0 Å². The Morgan fingerprint density at radius 2 is 2.04 bits per heavy atom. The number of amides is 1. The van der Waals surface area contributed by atoms with Crippen molar-refractivity contribution in [1.82, 2.24) is 4.98 Å². The highest BCUT2D eigenvalue weighted by Crippen LogP contribution is 2.20. The molecule has 3 rings (SSSR count). The van der Waals surface area contributed by atoms with Crippen molar-refractivity contribution in [3.8, 4) is 5.75 Å². The van der Waals surface area contributed by atoms with Crippen LogP contribution < -0.4 is 15.0 Å². The maximum atomic E-state index is 12.1. The van der Waals surface area contributed by atoms with Gasteiger partial charge in [-0.05, 0) is 50.1 Å². The van der Waals surface area contributed by atoms with Crippen molar-refractivity contribution in [3.63, 3.8) is 0 Å². The second-order valence-electron chi connectivity index (χ2n) is 6.91. The van der Waals surface area contributed by atoms with E-state index in [4.69, 9.17) is 9.47 Å². The van der Waals surface area contributed by atoms with Crippen LogP contribution in [-0.4, -0.2) is 42.8 Å². The molecule has 27 heavy (non-hydrogen) atoms. The van der Waals surface area contributed by atoms with Crippen molar-refractivity contribution < 1.29 is 14.3 Å². The van der Waals surface area contributed by atoms with Crippen molar-refractivity contribution >= 4 is 17.4 Å². The van der Waals surface area contributed by atoms with Crippen molar-refractivity contribution in [1.29, 1.82) is 0 Å². The van der Waals surface area contributed by atoms with Crippen LogP contribution in [0.2, 0.25) is 0 Å². The monoisotopic (exact) mass is 369 g/mol. The predicted molar refractivity (Wildman–Crippen MR) is 106 cm³/mol. The molecule has 2 atom stereocenters. The van der Waals surface area contributed by atoms with E-state index < -0.39 is 0 Å². The number of aryl methyl sites for hydroxylation is 1. The summed E-state index contributed by atoms with van der Waals surface area (Å²) in [7, 11) is 0. The number of hydrogen-bond donors (Lipinski definition) is 1. The van der Waals surface area contributed by atoms with Gasteiger partial charge in [0.05, 0.1) is 24.1 Å². The third-order valence-electron chi connectivity index (χ3n) is 4.45. The lowest BCUT2D eigenvalue weighted by Gasteiger charge is -2.36. The standard InChI is InChI=1S/C21H27N3O3/c1-4-17-6-5-7-19(10-17)26-14-21(25)23-18-8-9-20(22-11-18)24-12-15(2)27-16(3)13-24/h5-11,15-16H,4,12-14H2,1-3H3,(H,23,25)/t15-,16-/m1/s1. The summed E-state index contributed by atoms with van der Waals surface area (Å²) in [5.41, 5.74) is 1.84. The largest absolute Gasteiger partial charge is 0.484 e. The molecule has 0 unspecified atom stereocenters. The van der Waals surface area contributed by atoms with Gasteiger partial charge in [-0.3, -0.25) is 4.79 Å². The van der Waals surface area contributed by atoms with Crippen LogP contribution in [0.1, 0.15) is 26.3 Å². The minimum Gasteiger partial charge on any atom is -0.484 e. The average Bonchev–Trinajstić information content (AvgIpc) is 2.66. The first-order valence-corrected chi connectivity index (χ1v) is 9.41. The zero-order valence-electron chi connectivity index (χ0n) is 16.1. The zero-order chi connectivity index (χ0) is 19.2. The van der Waals surface area contributed by atoms with Gasteiger partial charge in [-0.25, -0.2) is 4.98 Å². The van der Waals surface area contributed by atoms with Crippen LogP contribution in [0.4, 0.5) is 11.5 Å². The molecule has 1 aromatic heterocycles. The molecule has 0 bridgehead atoms. The number of carbonyl (C=O) groups is 1. The van der Waals surface area contributed by atoms with E-state index >= 15 is 0 Å². The fourth-order valence-electron chi connectivity index (χ4n) is 3.21. The quantitative estimate of drug-likeness (QED) is 0.847. The van der Waals surface area contributed by atoms with Crippen LogP contribution in [0.3, 0.4) is 0 Å². The number of benzene rings is 1. The van der Waals surface area contributed by atoms with Gasteiger partial charge in [0.15, 0.2) is 6.61 Å². The number of nitrogens with zero attached hydrogens (tertiary/aromatic N) is 2. The van der Waals surface area contributed by atoms with Crippen molar-refractivity contribution in [2.75, 3.05) is 29.9 Å². The van der Waals surface area contributed by atoms with Gasteiger partial charge in [0.1, 0.15) is 11.6 Å². The first-order valence-electron chi connectivity index (χ1n) is 9.41. The molecule has 1 aromatic carbocycles. The first-order chi connectivity index (χ1) is 13.0. The smallest absolute Gasteiger partial charge is 0.262 e. The summed E-state index contributed by atoms with van der Waals surface area (Å²) in [6.07, 6.45) is 2.97. The molecule has 0 saturated carbocycles. The Morgan fingerprint density at radius 3 is 2.70 bits per heavy atom. The van der Waals surface area contributed by atoms with Gasteiger partial charge in [-0.2, -0.15) is 0 Å². The van der Waals surface area contributed by atoms with E-state index in [2.05, 4.69) is 36.0 Å². The molecule has 2 aromatic rings. The van der Waals surface area contributed by atoms with Crippen molar-refractivity contribution in [3.05, 3.63) is 48.2 Å². The van der Waals surface area contributed by atoms with Crippen molar-refractivity contribution in [2.24, 2.45) is 0 Å². The number of anilines is 2. The second-order valence-corrected chi connectivity index (χ2v) is 6.91. The van der Waals surface area contributed by atoms with Crippen LogP contribution in [-0.2, 0) is 16.0 Å². The highest BCUT2D eigenvalue weighted by Gasteiger charge is 2.23. The van der Waals surface area contributed by atoms with Gasteiger partial charge in [0.25, 0.3) is 5.91 Å². The summed E-state index contributed by atoms with van der Waals surface area (Å²) in [4.78, 5) is 18.8. The fourth-order valence-corrected chi connectivity index (χ4v) is 3.21. The van der Waals surface area contributed by atoms with Gasteiger partial charge in [0.2, 0.25) is 0 Å². The molecule has 144 valence electrons. The lowest BCUT2D eigenvalue weighted by molar-refractivity contribution is -0.118. The van der Waals surface area contributed by atoms with Gasteiger partial charge in [0, 0.05) is 13.1 Å². The predicted octanol–water partition coefficient (Wildman–Crippen LogP) is 3.28. The van der Waals surface area contributed by atoms with E-state index in [0.29, 0.717) is 11.4 Å². The Labute approximate surface area is 160 Å². The van der Waals surface area contributed by atoms with Gasteiger partial charge in [-0.15, -0.1) is 0 Å². The summed E-state index contributed by atoms with van der Waals surface area (Å²) in [6.45, 7) is 7.80. The number of nitrogens with one attached hydrogen (secondary N) is 1. The minimum absolute atomic E-state index is 0.0343. The molecule has 6 nitrogen and oxygen atoms in total. The Kier molecular flexibility index (Phi) is 6.29. The summed E-state index contributed by atoms with van der Waals surface area (Å²) in [6, 6.07) is 11.6. The molecular formula is C21H27N3O3. The summed E-state index contributed by atoms with van der Waals surface area (Å²) in [5, 5.41) is 2.82. The Bertz CT molecular complexity index is 754. The van der Waals surface area contributed by atoms with Crippen molar-refractivity contribution in [2.45, 2.75) is 39.4 Å². The van der Waals surface area contributed by atoms with Gasteiger partial charge < -0.3 is 19.7 Å². The average molecular weight is 369 g/mol. The highest BCUT2D eigenvalue weighted by atomic mass is 16.5. The number of ether oxygens (including phenoxy) is 2. The molecule has 0 aliphatic carbocycles. The summed E-state index contributed by atoms with van der Waals surface area (Å²) in [5.74, 6) is 1.39. The number of carbonyl (C=O) groups excluding carboxylic acids is 1. The van der Waals surface area contributed by atoms with E-state index in [9.17, 15) is 4.79 Å². The fraction of sp³-hybridized carbons (Fsp3) is 0.429. The lowest BCUT2D eigenvalue weighted by atomic mass is 10.2. The highest BCUT2D eigenvalue weighted by molar-refractivity contribution is 5.91. The molecule has 1 fully saturated rings. The third-order valence-corrected chi connectivity index (χ3v) is 4.45. The molecular weight excluding hydrogens is 342 g/mol. The van der Waals surface area contributed by atoms with E-state index in [0.717, 1.165) is 25.3 Å². The molecule has 0 spiro atoms. The van der Waals surface area contributed by atoms with Crippen LogP contribution in [0.5, 0.6) is 5.75 Å². The van der Waals surface area contributed by atoms with Crippen LogP contribution >= 0.6 is 0 Å². The number of morpholine rings is 1. The molecule has 2 heterocycles. The van der Waals surface area contributed by atoms with Crippen LogP contribution in [0.15, 0.2) is 42.6 Å². The SMILES string of the molecule is CCc1cccc(OCC(=O)Nc2ccc(N3C[C@@H](C)O[C@H](C)C3)nc2)c1. The molecule has 1 aliphatic heterocycles. The number of pyridine rings is 1. The van der Waals surface area contributed by atoms with E-state index in [1.165, 1.54) is 5.56 Å². The number of hydrogen-bond acceptors (Lipinski definition) is 5. The Morgan fingerprint density at radius 1 is 1.26 bits per heavy atom. The zero-order valence-corrected chi connectivity index (χ0v) is 16.1. The second kappa shape index (κ2) is 8.86. The molecule has 0 radical (unpaired) electrons. The Balaban J connectivity index is 1.52. The molecule has 6 heteroatoms. The maximum Gasteiger partial charge on any atom is 0.262 e. The number of rotatable bonds is 6.